The molecule has 0 aliphatic heterocycles. The van der Waals surface area contributed by atoms with Gasteiger partial charge in [-0.2, -0.15) is 0 Å². The minimum Gasteiger partial charge on any atom is -0.352 e. The Morgan fingerprint density at radius 3 is 2.21 bits per heavy atom. The van der Waals surface area contributed by atoms with Crippen LogP contribution >= 0.6 is 23.2 Å². The van der Waals surface area contributed by atoms with Crippen molar-refractivity contribution in [1.29, 1.82) is 0 Å². The molecule has 0 spiro atoms. The molecule has 0 radical (unpaired) electrons. The van der Waals surface area contributed by atoms with Gasteiger partial charge in [0.2, 0.25) is 21.8 Å². The number of hydrogen-bond acceptors (Lipinski definition) is 4. The molecule has 2 atom stereocenters. The molecular formula is C23H28Cl2FN3O4S. The molecule has 0 aliphatic carbocycles. The summed E-state index contributed by atoms with van der Waals surface area (Å²) in [6.07, 6.45) is 1.65. The monoisotopic (exact) mass is 531 g/mol. The molecule has 0 fully saturated rings. The molecule has 34 heavy (non-hydrogen) atoms. The maximum absolute atomic E-state index is 13.4. The first-order valence-corrected chi connectivity index (χ1v) is 13.2. The molecule has 2 aromatic carbocycles. The van der Waals surface area contributed by atoms with Crippen molar-refractivity contribution in [2.24, 2.45) is 0 Å². The average Bonchev–Trinajstić information content (AvgIpc) is 2.77. The predicted octanol–water partition coefficient (Wildman–Crippen LogP) is 4.23. The van der Waals surface area contributed by atoms with E-state index in [1.54, 1.807) is 25.1 Å². The summed E-state index contributed by atoms with van der Waals surface area (Å²) in [5, 5.41) is 3.46. The van der Waals surface area contributed by atoms with Crippen molar-refractivity contribution in [3.63, 3.8) is 0 Å². The zero-order chi connectivity index (χ0) is 25.6. The van der Waals surface area contributed by atoms with Gasteiger partial charge in [-0.3, -0.25) is 13.9 Å². The van der Waals surface area contributed by atoms with Gasteiger partial charge in [0.25, 0.3) is 0 Å². The molecule has 1 N–H and O–H groups in total. The zero-order valence-corrected chi connectivity index (χ0v) is 21.7. The molecule has 2 amide bonds. The van der Waals surface area contributed by atoms with E-state index in [-0.39, 0.29) is 29.2 Å². The van der Waals surface area contributed by atoms with Crippen LogP contribution < -0.4 is 9.62 Å². The van der Waals surface area contributed by atoms with Gasteiger partial charge in [-0.25, -0.2) is 12.8 Å². The lowest BCUT2D eigenvalue weighted by atomic mass is 10.1. The minimum atomic E-state index is -3.89. The molecule has 0 unspecified atom stereocenters. The Bertz CT molecular complexity index is 1130. The summed E-state index contributed by atoms with van der Waals surface area (Å²) in [6.45, 7) is 4.74. The molecule has 0 bridgehead atoms. The topological polar surface area (TPSA) is 86.8 Å². The lowest BCUT2D eigenvalue weighted by Crippen LogP contribution is -2.52. The molecule has 0 heterocycles. The first kappa shape index (κ1) is 27.9. The smallest absolute Gasteiger partial charge is 0.244 e. The molecule has 0 aliphatic rings. The lowest BCUT2D eigenvalue weighted by Gasteiger charge is -2.32. The number of hydrogen-bond donors (Lipinski definition) is 1. The summed E-state index contributed by atoms with van der Waals surface area (Å²) in [4.78, 5) is 27.5. The van der Waals surface area contributed by atoms with E-state index in [0.29, 0.717) is 17.0 Å². The van der Waals surface area contributed by atoms with Gasteiger partial charge in [-0.1, -0.05) is 36.2 Å². The number of nitrogens with zero attached hydrogens (tertiary/aromatic N) is 2. The normalized spacial score (nSPS) is 13.1. The van der Waals surface area contributed by atoms with Gasteiger partial charge in [-0.05, 0) is 62.2 Å². The third-order valence-electron chi connectivity index (χ3n) is 5.30. The third-order valence-corrected chi connectivity index (χ3v) is 7.18. The number of rotatable bonds is 10. The summed E-state index contributed by atoms with van der Waals surface area (Å²) in [5.74, 6) is -1.54. The average molecular weight is 532 g/mol. The van der Waals surface area contributed by atoms with Crippen molar-refractivity contribution < 1.29 is 22.4 Å². The molecule has 2 aromatic rings. The number of anilines is 1. The van der Waals surface area contributed by atoms with E-state index in [9.17, 15) is 22.4 Å². The van der Waals surface area contributed by atoms with Crippen LogP contribution in [0, 0.1) is 5.82 Å². The Balaban J connectivity index is 2.40. The number of halogens is 3. The zero-order valence-electron chi connectivity index (χ0n) is 19.4. The van der Waals surface area contributed by atoms with Crippen LogP contribution in [0.2, 0.25) is 10.0 Å². The highest BCUT2D eigenvalue weighted by molar-refractivity contribution is 7.92. The first-order valence-electron chi connectivity index (χ1n) is 10.6. The van der Waals surface area contributed by atoms with E-state index in [1.165, 1.54) is 17.0 Å². The van der Waals surface area contributed by atoms with E-state index in [1.807, 2.05) is 13.8 Å². The number of sulfonamides is 1. The SMILES string of the molecule is CC[C@H](C)NC(=O)[C@H](C)N(Cc1ccc(Cl)c(Cl)c1)C(=O)CN(c1ccc(F)cc1)S(C)(=O)=O. The standard InChI is InChI=1S/C23H28Cl2FN3O4S/c1-5-15(2)27-23(31)16(3)28(13-17-6-11-20(24)21(25)12-17)22(30)14-29(34(4,32)33)19-9-7-18(26)8-10-19/h6-12,15-16H,5,13-14H2,1-4H3,(H,27,31)/t15-,16-/m0/s1. The molecule has 186 valence electrons. The number of carbonyl (C=O) groups excluding carboxylic acids is 2. The summed E-state index contributed by atoms with van der Waals surface area (Å²) < 4.78 is 39.1. The van der Waals surface area contributed by atoms with Crippen molar-refractivity contribution in [3.05, 3.63) is 63.9 Å². The second-order valence-corrected chi connectivity index (χ2v) is 10.7. The van der Waals surface area contributed by atoms with E-state index in [0.717, 1.165) is 22.7 Å². The predicted molar refractivity (Wildman–Crippen MR) is 133 cm³/mol. The van der Waals surface area contributed by atoms with Crippen LogP contribution in [0.4, 0.5) is 10.1 Å². The van der Waals surface area contributed by atoms with E-state index in [2.05, 4.69) is 5.32 Å². The fourth-order valence-corrected chi connectivity index (χ4v) is 4.27. The largest absolute Gasteiger partial charge is 0.352 e. The van der Waals surface area contributed by atoms with Crippen LogP contribution in [0.1, 0.15) is 32.8 Å². The Labute approximate surface area is 209 Å². The van der Waals surface area contributed by atoms with Crippen LogP contribution in [-0.2, 0) is 26.2 Å². The second kappa shape index (κ2) is 11.9. The van der Waals surface area contributed by atoms with E-state index >= 15 is 0 Å². The highest BCUT2D eigenvalue weighted by Crippen LogP contribution is 2.24. The van der Waals surface area contributed by atoms with Crippen molar-refractivity contribution in [2.45, 2.75) is 45.8 Å². The van der Waals surface area contributed by atoms with Gasteiger partial charge < -0.3 is 10.2 Å². The van der Waals surface area contributed by atoms with E-state index < -0.39 is 34.3 Å². The second-order valence-electron chi connectivity index (χ2n) is 8.01. The van der Waals surface area contributed by atoms with Gasteiger partial charge in [0.05, 0.1) is 22.0 Å². The van der Waals surface area contributed by atoms with Crippen LogP contribution in [0.5, 0.6) is 0 Å². The molecule has 11 heteroatoms. The Kier molecular flexibility index (Phi) is 9.73. The summed E-state index contributed by atoms with van der Waals surface area (Å²) in [7, 11) is -3.89. The maximum atomic E-state index is 13.4. The summed E-state index contributed by atoms with van der Waals surface area (Å²) in [5.41, 5.74) is 0.738. The quantitative estimate of drug-likeness (QED) is 0.496. The Morgan fingerprint density at radius 2 is 1.68 bits per heavy atom. The minimum absolute atomic E-state index is 0.00810. The van der Waals surface area contributed by atoms with Gasteiger partial charge in [0.15, 0.2) is 0 Å². The van der Waals surface area contributed by atoms with Gasteiger partial charge >= 0.3 is 0 Å². The molecule has 0 saturated carbocycles. The fraction of sp³-hybridized carbons (Fsp3) is 0.391. The van der Waals surface area contributed by atoms with Crippen LogP contribution in [0.3, 0.4) is 0 Å². The molecule has 7 nitrogen and oxygen atoms in total. The van der Waals surface area contributed by atoms with Crippen molar-refractivity contribution in [1.82, 2.24) is 10.2 Å². The van der Waals surface area contributed by atoms with Crippen LogP contribution in [0.25, 0.3) is 0 Å². The van der Waals surface area contributed by atoms with Crippen molar-refractivity contribution in [2.75, 3.05) is 17.1 Å². The molecular weight excluding hydrogens is 504 g/mol. The Morgan fingerprint density at radius 1 is 1.06 bits per heavy atom. The highest BCUT2D eigenvalue weighted by Gasteiger charge is 2.30. The Hall–Kier alpha value is -2.36. The number of amides is 2. The maximum Gasteiger partial charge on any atom is 0.244 e. The van der Waals surface area contributed by atoms with Gasteiger partial charge in [0, 0.05) is 12.6 Å². The third kappa shape index (κ3) is 7.58. The lowest BCUT2D eigenvalue weighted by molar-refractivity contribution is -0.139. The molecule has 0 saturated heterocycles. The summed E-state index contributed by atoms with van der Waals surface area (Å²) in [6, 6.07) is 8.56. The number of benzene rings is 2. The van der Waals surface area contributed by atoms with Gasteiger partial charge in [0.1, 0.15) is 18.4 Å². The van der Waals surface area contributed by atoms with Crippen LogP contribution in [0.15, 0.2) is 42.5 Å². The number of nitrogens with one attached hydrogen (secondary N) is 1. The van der Waals surface area contributed by atoms with Crippen LogP contribution in [-0.4, -0.2) is 50.0 Å². The van der Waals surface area contributed by atoms with Crippen molar-refractivity contribution in [3.8, 4) is 0 Å². The molecule has 0 aromatic heterocycles. The van der Waals surface area contributed by atoms with Gasteiger partial charge in [-0.15, -0.1) is 0 Å². The van der Waals surface area contributed by atoms with E-state index in [4.69, 9.17) is 23.2 Å². The fourth-order valence-electron chi connectivity index (χ4n) is 3.10. The summed E-state index contributed by atoms with van der Waals surface area (Å²) >= 11 is 12.1. The molecule has 2 rings (SSSR count). The highest BCUT2D eigenvalue weighted by atomic mass is 35.5. The first-order chi connectivity index (χ1) is 15.8. The number of carbonyl (C=O) groups is 2. The van der Waals surface area contributed by atoms with Crippen molar-refractivity contribution >= 4 is 50.7 Å².